The molecule has 43 heavy (non-hydrogen) atoms. The lowest BCUT2D eigenvalue weighted by Crippen LogP contribution is -2.40. The summed E-state index contributed by atoms with van der Waals surface area (Å²) in [4.78, 5) is 5.02. The maximum atomic E-state index is 13.9. The van der Waals surface area contributed by atoms with Crippen molar-refractivity contribution in [2.75, 3.05) is 71.4 Å². The Balaban J connectivity index is 1.28. The van der Waals surface area contributed by atoms with Crippen LogP contribution in [-0.4, -0.2) is 92.7 Å². The number of halogens is 1. The van der Waals surface area contributed by atoms with Crippen LogP contribution in [0.4, 0.5) is 5.69 Å². The Labute approximate surface area is 269 Å². The molecule has 0 aromatic heterocycles. The minimum Gasteiger partial charge on any atom is -0.378 e. The highest BCUT2D eigenvalue weighted by molar-refractivity contribution is 7.94. The van der Waals surface area contributed by atoms with E-state index in [1.165, 1.54) is 43.2 Å². The standard InChI is InChI=1S/C33H50ClN5O2S2/c1-35(2)32-13-15-33(16-14-32)43(40,41)39-22-7-19-36(26-28-9-4-3-5-10-28)18-6-20-37(21-8-23-39)42-38-24-17-29-25-31(34)12-11-30(29)27-38/h11-16,25,28H,3-10,17-24,26-27H2,1-2H3. The van der Waals surface area contributed by atoms with E-state index < -0.39 is 10.0 Å². The first-order valence-corrected chi connectivity index (χ1v) is 18.8. The highest BCUT2D eigenvalue weighted by atomic mass is 35.5. The highest BCUT2D eigenvalue weighted by Gasteiger charge is 2.27. The van der Waals surface area contributed by atoms with Gasteiger partial charge in [0.1, 0.15) is 0 Å². The number of nitrogens with zero attached hydrogens (tertiary/aromatic N) is 5. The lowest BCUT2D eigenvalue weighted by Gasteiger charge is -2.34. The van der Waals surface area contributed by atoms with Crippen molar-refractivity contribution in [1.82, 2.24) is 17.8 Å². The van der Waals surface area contributed by atoms with Gasteiger partial charge in [-0.1, -0.05) is 36.9 Å². The zero-order valence-corrected chi connectivity index (χ0v) is 28.5. The van der Waals surface area contributed by atoms with Crippen molar-refractivity contribution in [1.29, 1.82) is 0 Å². The summed E-state index contributed by atoms with van der Waals surface area (Å²) in [6.07, 6.45) is 10.6. The van der Waals surface area contributed by atoms with Gasteiger partial charge in [0.2, 0.25) is 10.0 Å². The topological polar surface area (TPSA) is 50.3 Å². The van der Waals surface area contributed by atoms with E-state index in [-0.39, 0.29) is 0 Å². The van der Waals surface area contributed by atoms with Gasteiger partial charge >= 0.3 is 0 Å². The summed E-state index contributed by atoms with van der Waals surface area (Å²) in [6.45, 7) is 8.07. The predicted octanol–water partition coefficient (Wildman–Crippen LogP) is 6.39. The second-order valence-electron chi connectivity index (χ2n) is 12.7. The molecule has 5 rings (SSSR count). The molecule has 2 aromatic rings. The maximum Gasteiger partial charge on any atom is 0.243 e. The van der Waals surface area contributed by atoms with Crippen molar-refractivity contribution in [2.45, 2.75) is 69.2 Å². The van der Waals surface area contributed by atoms with Gasteiger partial charge in [-0.2, -0.15) is 4.31 Å². The van der Waals surface area contributed by atoms with Crippen molar-refractivity contribution >= 4 is 39.4 Å². The molecule has 0 bridgehead atoms. The fourth-order valence-electron chi connectivity index (χ4n) is 6.73. The van der Waals surface area contributed by atoms with Crippen LogP contribution >= 0.6 is 23.7 Å². The molecule has 0 radical (unpaired) electrons. The molecular weight excluding hydrogens is 598 g/mol. The zero-order valence-electron chi connectivity index (χ0n) is 26.1. The summed E-state index contributed by atoms with van der Waals surface area (Å²) in [5, 5.41) is 0.814. The molecule has 1 aliphatic carbocycles. The van der Waals surface area contributed by atoms with Gasteiger partial charge < -0.3 is 9.80 Å². The fourth-order valence-corrected chi connectivity index (χ4v) is 9.56. The molecule has 1 saturated carbocycles. The van der Waals surface area contributed by atoms with E-state index >= 15 is 0 Å². The first-order chi connectivity index (χ1) is 20.8. The van der Waals surface area contributed by atoms with Crippen LogP contribution in [-0.2, 0) is 23.0 Å². The lowest BCUT2D eigenvalue weighted by atomic mass is 9.89. The van der Waals surface area contributed by atoms with Crippen LogP contribution < -0.4 is 4.90 Å². The predicted molar refractivity (Wildman–Crippen MR) is 181 cm³/mol. The van der Waals surface area contributed by atoms with Crippen LogP contribution in [0.25, 0.3) is 0 Å². The smallest absolute Gasteiger partial charge is 0.243 e. The zero-order chi connectivity index (χ0) is 30.2. The third-order valence-corrected chi connectivity index (χ3v) is 12.5. The molecule has 7 nitrogen and oxygen atoms in total. The average molecular weight is 648 g/mol. The van der Waals surface area contributed by atoms with Crippen LogP contribution in [0.3, 0.4) is 0 Å². The second kappa shape index (κ2) is 15.8. The molecule has 2 fully saturated rings. The largest absolute Gasteiger partial charge is 0.378 e. The number of rotatable bonds is 7. The third kappa shape index (κ3) is 9.35. The van der Waals surface area contributed by atoms with Gasteiger partial charge in [-0.25, -0.2) is 17.0 Å². The maximum absolute atomic E-state index is 13.9. The van der Waals surface area contributed by atoms with Crippen molar-refractivity contribution in [2.24, 2.45) is 5.92 Å². The number of hydrogen-bond acceptors (Lipinski definition) is 7. The van der Waals surface area contributed by atoms with Crippen LogP contribution in [0.2, 0.25) is 5.02 Å². The highest BCUT2D eigenvalue weighted by Crippen LogP contribution is 2.29. The normalized spacial score (nSPS) is 21.6. The van der Waals surface area contributed by atoms with E-state index in [1.807, 2.05) is 49.3 Å². The molecule has 1 saturated heterocycles. The summed E-state index contributed by atoms with van der Waals surface area (Å²) in [7, 11) is 0.377. The Kier molecular flexibility index (Phi) is 12.1. The summed E-state index contributed by atoms with van der Waals surface area (Å²) >= 11 is 8.10. The number of fused-ring (bicyclic) bond motifs is 1. The van der Waals surface area contributed by atoms with Gasteiger partial charge in [-0.05, 0) is 105 Å². The van der Waals surface area contributed by atoms with Crippen molar-refractivity contribution in [3.05, 3.63) is 58.6 Å². The summed E-state index contributed by atoms with van der Waals surface area (Å²) in [5.41, 5.74) is 3.71. The van der Waals surface area contributed by atoms with Gasteiger partial charge in [0.15, 0.2) is 0 Å². The summed E-state index contributed by atoms with van der Waals surface area (Å²) in [6, 6.07) is 13.6. The molecule has 0 unspecified atom stereocenters. The summed E-state index contributed by atoms with van der Waals surface area (Å²) in [5.74, 6) is 0.782. The minimum absolute atomic E-state index is 0.391. The van der Waals surface area contributed by atoms with E-state index in [1.54, 1.807) is 16.4 Å². The molecule has 0 amide bonds. The van der Waals surface area contributed by atoms with Gasteiger partial charge in [0.05, 0.1) is 4.90 Å². The Bertz CT molecular complexity index is 1270. The third-order valence-electron chi connectivity index (χ3n) is 9.19. The SMILES string of the molecule is CN(C)c1ccc(S(=O)(=O)N2CCCN(CC3CCCCC3)CCCN(SN3CCc4cc(Cl)ccc4C3)CCC2)cc1. The van der Waals surface area contributed by atoms with E-state index in [2.05, 4.69) is 25.6 Å². The average Bonchev–Trinajstić information content (AvgIpc) is 2.99. The van der Waals surface area contributed by atoms with Gasteiger partial charge in [-0.15, -0.1) is 0 Å². The Morgan fingerprint density at radius 2 is 1.47 bits per heavy atom. The Morgan fingerprint density at radius 3 is 2.16 bits per heavy atom. The van der Waals surface area contributed by atoms with Gasteiger partial charge in [0, 0.05) is 82.8 Å². The molecule has 2 aromatic carbocycles. The number of sulfonamides is 1. The molecule has 2 heterocycles. The monoisotopic (exact) mass is 647 g/mol. The van der Waals surface area contributed by atoms with E-state index in [9.17, 15) is 8.42 Å². The molecule has 0 spiro atoms. The van der Waals surface area contributed by atoms with E-state index in [4.69, 9.17) is 11.6 Å². The van der Waals surface area contributed by atoms with Crippen LogP contribution in [0.1, 0.15) is 62.5 Å². The molecule has 0 N–H and O–H groups in total. The molecule has 238 valence electrons. The quantitative estimate of drug-likeness (QED) is 0.323. The molecule has 3 aliphatic rings. The van der Waals surface area contributed by atoms with Crippen LogP contribution in [0, 0.1) is 5.92 Å². The number of benzene rings is 2. The fraction of sp³-hybridized carbons (Fsp3) is 0.636. The summed E-state index contributed by atoms with van der Waals surface area (Å²) < 4.78 is 34.5. The Morgan fingerprint density at radius 1 is 0.791 bits per heavy atom. The number of anilines is 1. The van der Waals surface area contributed by atoms with Crippen LogP contribution in [0.15, 0.2) is 47.4 Å². The van der Waals surface area contributed by atoms with Gasteiger partial charge in [-0.3, -0.25) is 0 Å². The van der Waals surface area contributed by atoms with E-state index in [0.29, 0.717) is 18.0 Å². The molecule has 10 heteroatoms. The molecule has 0 atom stereocenters. The first kappa shape index (κ1) is 33.0. The lowest BCUT2D eigenvalue weighted by molar-refractivity contribution is 0.186. The second-order valence-corrected chi connectivity index (χ2v) is 16.3. The molecule has 2 aliphatic heterocycles. The Hall–Kier alpha value is -1.33. The van der Waals surface area contributed by atoms with Crippen LogP contribution in [0.5, 0.6) is 0 Å². The van der Waals surface area contributed by atoms with Gasteiger partial charge in [0.25, 0.3) is 0 Å². The minimum atomic E-state index is -3.57. The van der Waals surface area contributed by atoms with Crippen molar-refractivity contribution < 1.29 is 8.42 Å². The van der Waals surface area contributed by atoms with Crippen molar-refractivity contribution in [3.63, 3.8) is 0 Å². The first-order valence-electron chi connectivity index (χ1n) is 16.2. The van der Waals surface area contributed by atoms with Crippen molar-refractivity contribution in [3.8, 4) is 0 Å². The number of hydrogen-bond donors (Lipinski definition) is 0. The molecular formula is C33H50ClN5O2S2. The van der Waals surface area contributed by atoms with E-state index in [0.717, 1.165) is 88.1 Å².